The lowest BCUT2D eigenvalue weighted by Crippen LogP contribution is -2.49. The van der Waals surface area contributed by atoms with E-state index in [0.29, 0.717) is 5.56 Å². The second-order valence-corrected chi connectivity index (χ2v) is 4.54. The Hall–Kier alpha value is -2.14. The van der Waals surface area contributed by atoms with Gasteiger partial charge in [0.15, 0.2) is 5.54 Å². The third-order valence-electron chi connectivity index (χ3n) is 3.01. The summed E-state index contributed by atoms with van der Waals surface area (Å²) in [6.07, 6.45) is 3.57. The van der Waals surface area contributed by atoms with Gasteiger partial charge in [0.25, 0.3) is 0 Å². The van der Waals surface area contributed by atoms with Crippen molar-refractivity contribution >= 4 is 5.97 Å². The van der Waals surface area contributed by atoms with Crippen LogP contribution in [0.4, 0.5) is 0 Å². The minimum atomic E-state index is -1.24. The molecule has 0 fully saturated rings. The van der Waals surface area contributed by atoms with Gasteiger partial charge in [-0.25, -0.2) is 4.79 Å². The second-order valence-electron chi connectivity index (χ2n) is 4.54. The Labute approximate surface area is 112 Å². The maximum atomic E-state index is 12.1. The number of esters is 1. The van der Waals surface area contributed by atoms with Gasteiger partial charge in [-0.15, -0.1) is 0 Å². The molecule has 1 aromatic heterocycles. The van der Waals surface area contributed by atoms with Crippen LogP contribution in [0.25, 0.3) is 0 Å². The molecule has 2 aromatic rings. The molecule has 2 N–H and O–H groups in total. The van der Waals surface area contributed by atoms with Gasteiger partial charge in [0.05, 0.1) is 19.9 Å². The Balaban J connectivity index is 2.38. The fraction of sp³-hybridized carbons (Fsp3) is 0.286. The number of hydrogen-bond donors (Lipinski definition) is 1. The van der Waals surface area contributed by atoms with Gasteiger partial charge in [0.1, 0.15) is 0 Å². The Bertz CT molecular complexity index is 565. The van der Waals surface area contributed by atoms with Gasteiger partial charge in [0.2, 0.25) is 0 Å². The standard InChI is InChI=1S/C14H17N3O2/c1-11-8-16-17(9-11)10-14(15,13(18)19-2)12-6-4-3-5-7-12/h3-9H,10,15H2,1-2H3. The Morgan fingerprint density at radius 2 is 2.11 bits per heavy atom. The van der Waals surface area contributed by atoms with Crippen LogP contribution < -0.4 is 5.73 Å². The highest BCUT2D eigenvalue weighted by Crippen LogP contribution is 2.22. The Morgan fingerprint density at radius 3 is 2.63 bits per heavy atom. The minimum Gasteiger partial charge on any atom is -0.467 e. The predicted octanol–water partition coefficient (Wildman–Crippen LogP) is 1.22. The first-order valence-corrected chi connectivity index (χ1v) is 5.98. The van der Waals surface area contributed by atoms with E-state index >= 15 is 0 Å². The number of hydrogen-bond acceptors (Lipinski definition) is 4. The molecule has 0 aliphatic rings. The van der Waals surface area contributed by atoms with E-state index in [1.807, 2.05) is 43.5 Å². The molecule has 1 aromatic carbocycles. The molecule has 2 rings (SSSR count). The maximum absolute atomic E-state index is 12.1. The van der Waals surface area contributed by atoms with E-state index in [0.717, 1.165) is 5.56 Å². The molecule has 1 atom stereocenters. The Kier molecular flexibility index (Phi) is 3.66. The van der Waals surface area contributed by atoms with Crippen molar-refractivity contribution in [3.63, 3.8) is 0 Å². The molecule has 5 heteroatoms. The molecule has 0 aliphatic heterocycles. The zero-order valence-corrected chi connectivity index (χ0v) is 11.0. The van der Waals surface area contributed by atoms with Crippen LogP contribution >= 0.6 is 0 Å². The van der Waals surface area contributed by atoms with Crippen molar-refractivity contribution in [2.45, 2.75) is 19.0 Å². The number of aryl methyl sites for hydroxylation is 1. The summed E-state index contributed by atoms with van der Waals surface area (Å²) in [7, 11) is 1.33. The quantitative estimate of drug-likeness (QED) is 0.838. The van der Waals surface area contributed by atoms with E-state index in [-0.39, 0.29) is 6.54 Å². The lowest BCUT2D eigenvalue weighted by molar-refractivity contribution is -0.148. The lowest BCUT2D eigenvalue weighted by Gasteiger charge is -2.26. The lowest BCUT2D eigenvalue weighted by atomic mass is 9.91. The Morgan fingerprint density at radius 1 is 1.42 bits per heavy atom. The summed E-state index contributed by atoms with van der Waals surface area (Å²) in [4.78, 5) is 12.1. The van der Waals surface area contributed by atoms with E-state index < -0.39 is 11.5 Å². The van der Waals surface area contributed by atoms with Crippen LogP contribution in [-0.2, 0) is 21.6 Å². The molecule has 5 nitrogen and oxygen atoms in total. The van der Waals surface area contributed by atoms with E-state index in [1.165, 1.54) is 7.11 Å². The zero-order chi connectivity index (χ0) is 13.9. The van der Waals surface area contributed by atoms with Crippen LogP contribution in [0.2, 0.25) is 0 Å². The number of carbonyl (C=O) groups excluding carboxylic acids is 1. The summed E-state index contributed by atoms with van der Waals surface area (Å²) < 4.78 is 6.50. The summed E-state index contributed by atoms with van der Waals surface area (Å²) in [5.41, 5.74) is 6.76. The molecule has 0 spiro atoms. The van der Waals surface area contributed by atoms with Gasteiger partial charge in [-0.1, -0.05) is 30.3 Å². The topological polar surface area (TPSA) is 70.1 Å². The van der Waals surface area contributed by atoms with E-state index in [2.05, 4.69) is 5.10 Å². The van der Waals surface area contributed by atoms with E-state index in [1.54, 1.807) is 10.9 Å². The van der Waals surface area contributed by atoms with E-state index in [4.69, 9.17) is 10.5 Å². The summed E-state index contributed by atoms with van der Waals surface area (Å²) >= 11 is 0. The van der Waals surface area contributed by atoms with Crippen molar-refractivity contribution in [2.24, 2.45) is 5.73 Å². The van der Waals surface area contributed by atoms with E-state index in [9.17, 15) is 4.79 Å². The SMILES string of the molecule is COC(=O)C(N)(Cn1cc(C)cn1)c1ccccc1. The molecule has 100 valence electrons. The molecule has 0 radical (unpaired) electrons. The molecule has 0 amide bonds. The first-order chi connectivity index (χ1) is 9.06. The van der Waals surface area contributed by atoms with Crippen molar-refractivity contribution < 1.29 is 9.53 Å². The summed E-state index contributed by atoms with van der Waals surface area (Å²) in [6, 6.07) is 9.18. The molecular weight excluding hydrogens is 242 g/mol. The minimum absolute atomic E-state index is 0.234. The van der Waals surface area contributed by atoms with Crippen molar-refractivity contribution in [1.82, 2.24) is 9.78 Å². The second kappa shape index (κ2) is 5.24. The van der Waals surface area contributed by atoms with Gasteiger partial charge >= 0.3 is 5.97 Å². The summed E-state index contributed by atoms with van der Waals surface area (Å²) in [5.74, 6) is -0.480. The van der Waals surface area contributed by atoms with Crippen LogP contribution in [-0.4, -0.2) is 22.9 Å². The molecule has 0 saturated heterocycles. The third kappa shape index (κ3) is 2.66. The molecule has 0 aliphatic carbocycles. The normalized spacial score (nSPS) is 13.8. The largest absolute Gasteiger partial charge is 0.467 e. The molecule has 1 heterocycles. The first kappa shape index (κ1) is 13.3. The fourth-order valence-electron chi connectivity index (χ4n) is 2.00. The maximum Gasteiger partial charge on any atom is 0.332 e. The summed E-state index contributed by atoms with van der Waals surface area (Å²) in [5, 5.41) is 4.17. The molecule has 0 saturated carbocycles. The van der Waals surface area contributed by atoms with Gasteiger partial charge < -0.3 is 10.5 Å². The van der Waals surface area contributed by atoms with Crippen molar-refractivity contribution in [3.05, 3.63) is 53.9 Å². The fourth-order valence-corrected chi connectivity index (χ4v) is 2.00. The van der Waals surface area contributed by atoms with Crippen LogP contribution in [0.1, 0.15) is 11.1 Å². The van der Waals surface area contributed by atoms with Crippen LogP contribution in [0, 0.1) is 6.92 Å². The number of ether oxygens (including phenoxy) is 1. The molecule has 1 unspecified atom stereocenters. The number of aromatic nitrogens is 2. The van der Waals surface area contributed by atoms with Gasteiger partial charge in [-0.3, -0.25) is 4.68 Å². The van der Waals surface area contributed by atoms with Crippen molar-refractivity contribution in [1.29, 1.82) is 0 Å². The number of rotatable bonds is 4. The highest BCUT2D eigenvalue weighted by molar-refractivity contribution is 5.82. The van der Waals surface area contributed by atoms with Crippen LogP contribution in [0.15, 0.2) is 42.7 Å². The number of nitrogens with zero attached hydrogens (tertiary/aromatic N) is 2. The average Bonchev–Trinajstić information content (AvgIpc) is 2.83. The molecule has 19 heavy (non-hydrogen) atoms. The van der Waals surface area contributed by atoms with Crippen molar-refractivity contribution in [3.8, 4) is 0 Å². The van der Waals surface area contributed by atoms with Crippen LogP contribution in [0.3, 0.4) is 0 Å². The average molecular weight is 259 g/mol. The first-order valence-electron chi connectivity index (χ1n) is 5.98. The number of carbonyl (C=O) groups is 1. The molecular formula is C14H17N3O2. The predicted molar refractivity (Wildman–Crippen MR) is 71.3 cm³/mol. The van der Waals surface area contributed by atoms with Crippen LogP contribution in [0.5, 0.6) is 0 Å². The van der Waals surface area contributed by atoms with Gasteiger partial charge in [-0.05, 0) is 18.1 Å². The smallest absolute Gasteiger partial charge is 0.332 e. The number of nitrogens with two attached hydrogens (primary N) is 1. The summed E-state index contributed by atoms with van der Waals surface area (Å²) in [6.45, 7) is 2.17. The van der Waals surface area contributed by atoms with Crippen molar-refractivity contribution in [2.75, 3.05) is 7.11 Å². The zero-order valence-electron chi connectivity index (χ0n) is 11.0. The monoisotopic (exact) mass is 259 g/mol. The van der Waals surface area contributed by atoms with Gasteiger partial charge in [-0.2, -0.15) is 5.10 Å². The highest BCUT2D eigenvalue weighted by atomic mass is 16.5. The third-order valence-corrected chi connectivity index (χ3v) is 3.01. The highest BCUT2D eigenvalue weighted by Gasteiger charge is 2.38. The molecule has 0 bridgehead atoms. The number of methoxy groups -OCH3 is 1. The number of benzene rings is 1. The van der Waals surface area contributed by atoms with Gasteiger partial charge in [0, 0.05) is 6.20 Å².